The van der Waals surface area contributed by atoms with E-state index in [-0.39, 0.29) is 11.2 Å². The minimum absolute atomic E-state index is 0.0866. The Morgan fingerprint density at radius 3 is 2.41 bits per heavy atom. The maximum absolute atomic E-state index is 12.3. The number of fused-ring (bicyclic) bond motifs is 1. The van der Waals surface area contributed by atoms with E-state index in [1.165, 1.54) is 11.8 Å². The third-order valence-electron chi connectivity index (χ3n) is 4.74. The molecule has 7 nitrogen and oxygen atoms in total. The van der Waals surface area contributed by atoms with Gasteiger partial charge in [0.2, 0.25) is 5.91 Å². The van der Waals surface area contributed by atoms with Gasteiger partial charge >= 0.3 is 0 Å². The quantitative estimate of drug-likeness (QED) is 0.691. The highest BCUT2D eigenvalue weighted by atomic mass is 32.2. The number of thioether (sulfide) groups is 1. The zero-order chi connectivity index (χ0) is 20.4. The van der Waals surface area contributed by atoms with Gasteiger partial charge in [-0.3, -0.25) is 9.36 Å². The molecular weight excluding hydrogens is 390 g/mol. The summed E-state index contributed by atoms with van der Waals surface area (Å²) in [6.07, 6.45) is 1.73. The molecule has 1 N–H and O–H groups in total. The Morgan fingerprint density at radius 2 is 1.72 bits per heavy atom. The summed E-state index contributed by atoms with van der Waals surface area (Å²) in [4.78, 5) is 16.8. The average molecular weight is 411 g/mol. The van der Waals surface area contributed by atoms with Gasteiger partial charge in [0.1, 0.15) is 12.1 Å². The van der Waals surface area contributed by atoms with Crippen molar-refractivity contribution in [2.75, 3.05) is 32.4 Å². The fourth-order valence-electron chi connectivity index (χ4n) is 3.40. The number of ether oxygens (including phenoxy) is 3. The van der Waals surface area contributed by atoms with E-state index in [4.69, 9.17) is 14.2 Å². The molecule has 1 aliphatic rings. The monoisotopic (exact) mass is 411 g/mol. The Bertz CT molecular complexity index is 1040. The van der Waals surface area contributed by atoms with Crippen LogP contribution in [-0.4, -0.2) is 42.5 Å². The van der Waals surface area contributed by atoms with Crippen LogP contribution in [0.25, 0.3) is 5.69 Å². The van der Waals surface area contributed by atoms with Crippen molar-refractivity contribution in [3.8, 4) is 22.9 Å². The van der Waals surface area contributed by atoms with Gasteiger partial charge in [0, 0.05) is 17.3 Å². The molecule has 0 spiro atoms. The van der Waals surface area contributed by atoms with Gasteiger partial charge in [0.25, 0.3) is 0 Å². The fourth-order valence-corrected chi connectivity index (χ4v) is 4.54. The maximum atomic E-state index is 12.3. The molecule has 0 radical (unpaired) electrons. The van der Waals surface area contributed by atoms with E-state index < -0.39 is 0 Å². The summed E-state index contributed by atoms with van der Waals surface area (Å²) in [6, 6.07) is 13.6. The lowest BCUT2D eigenvalue weighted by molar-refractivity contribution is -0.113. The molecule has 29 heavy (non-hydrogen) atoms. The topological polar surface area (TPSA) is 74.6 Å². The van der Waals surface area contributed by atoms with Crippen LogP contribution in [0.5, 0.6) is 17.2 Å². The Balaban J connectivity index is 1.92. The third kappa shape index (κ3) is 3.51. The standard InChI is InChI=1S/C21H21N3O4S/c1-26-15-10-17(28-3)16(27-2)9-14(15)20-19-21(23-18(25)11-29-20)22-12-24(19)13-7-5-4-6-8-13/h4-10,12,20H,11H2,1-3H3,(H,23,25)/t20-/m1/s1. The summed E-state index contributed by atoms with van der Waals surface area (Å²) in [7, 11) is 4.80. The third-order valence-corrected chi connectivity index (χ3v) is 5.98. The molecule has 0 saturated heterocycles. The molecule has 4 rings (SSSR count). The number of benzene rings is 2. The molecule has 1 atom stereocenters. The number of nitrogens with zero attached hydrogens (tertiary/aromatic N) is 2. The van der Waals surface area contributed by atoms with Crippen LogP contribution in [-0.2, 0) is 4.79 Å². The molecule has 1 aliphatic heterocycles. The van der Waals surface area contributed by atoms with Gasteiger partial charge in [-0.15, -0.1) is 11.8 Å². The number of anilines is 1. The van der Waals surface area contributed by atoms with Crippen LogP contribution in [0.15, 0.2) is 48.8 Å². The van der Waals surface area contributed by atoms with Crippen LogP contribution in [0.3, 0.4) is 0 Å². The minimum atomic E-state index is -0.207. The second-order valence-corrected chi connectivity index (χ2v) is 7.47. The molecule has 1 amide bonds. The van der Waals surface area contributed by atoms with Crippen molar-refractivity contribution in [2.24, 2.45) is 0 Å². The second kappa shape index (κ2) is 8.08. The molecule has 8 heteroatoms. The summed E-state index contributed by atoms with van der Waals surface area (Å²) in [6.45, 7) is 0. The van der Waals surface area contributed by atoms with Crippen molar-refractivity contribution in [3.63, 3.8) is 0 Å². The summed E-state index contributed by atoms with van der Waals surface area (Å²) >= 11 is 1.51. The predicted molar refractivity (Wildman–Crippen MR) is 113 cm³/mol. The molecule has 0 fully saturated rings. The molecular formula is C21H21N3O4S. The molecule has 0 unspecified atom stereocenters. The highest BCUT2D eigenvalue weighted by Gasteiger charge is 2.32. The van der Waals surface area contributed by atoms with Gasteiger partial charge in [0.05, 0.1) is 38.0 Å². The number of amides is 1. The van der Waals surface area contributed by atoms with Crippen LogP contribution >= 0.6 is 11.8 Å². The van der Waals surface area contributed by atoms with E-state index in [9.17, 15) is 4.79 Å². The van der Waals surface area contributed by atoms with Gasteiger partial charge < -0.3 is 19.5 Å². The Kier molecular flexibility index (Phi) is 5.35. The van der Waals surface area contributed by atoms with E-state index in [0.29, 0.717) is 28.8 Å². The Morgan fingerprint density at radius 1 is 1.03 bits per heavy atom. The average Bonchev–Trinajstić information content (AvgIpc) is 3.09. The highest BCUT2D eigenvalue weighted by molar-refractivity contribution is 8.00. The first kappa shape index (κ1) is 19.2. The van der Waals surface area contributed by atoms with E-state index in [1.807, 2.05) is 41.0 Å². The summed E-state index contributed by atoms with van der Waals surface area (Å²) in [5, 5.41) is 2.71. The second-order valence-electron chi connectivity index (χ2n) is 6.37. The lowest BCUT2D eigenvalue weighted by atomic mass is 10.1. The zero-order valence-electron chi connectivity index (χ0n) is 16.3. The van der Waals surface area contributed by atoms with Gasteiger partial charge in [-0.25, -0.2) is 4.98 Å². The number of carbonyl (C=O) groups is 1. The van der Waals surface area contributed by atoms with Crippen LogP contribution < -0.4 is 19.5 Å². The Hall–Kier alpha value is -3.13. The molecule has 0 aliphatic carbocycles. The molecule has 2 heterocycles. The minimum Gasteiger partial charge on any atom is -0.496 e. The van der Waals surface area contributed by atoms with Gasteiger partial charge in [-0.2, -0.15) is 0 Å². The Labute approximate surface area is 173 Å². The molecule has 2 aromatic carbocycles. The lowest BCUT2D eigenvalue weighted by Crippen LogP contribution is -2.12. The maximum Gasteiger partial charge on any atom is 0.235 e. The van der Waals surface area contributed by atoms with E-state index >= 15 is 0 Å². The fraction of sp³-hybridized carbons (Fsp3) is 0.238. The van der Waals surface area contributed by atoms with Crippen LogP contribution in [0.2, 0.25) is 0 Å². The SMILES string of the molecule is COc1cc(OC)c([C@H]2SCC(=O)Nc3ncn(-c4ccccc4)c32)cc1OC. The van der Waals surface area contributed by atoms with E-state index in [2.05, 4.69) is 10.3 Å². The van der Waals surface area contributed by atoms with Crippen LogP contribution in [0, 0.1) is 0 Å². The largest absolute Gasteiger partial charge is 0.496 e. The number of para-hydroxylation sites is 1. The number of hydrogen-bond acceptors (Lipinski definition) is 6. The predicted octanol–water partition coefficient (Wildman–Crippen LogP) is 3.67. The summed E-state index contributed by atoms with van der Waals surface area (Å²) in [5.41, 5.74) is 2.71. The first-order chi connectivity index (χ1) is 14.2. The lowest BCUT2D eigenvalue weighted by Gasteiger charge is -2.22. The first-order valence-electron chi connectivity index (χ1n) is 9.00. The summed E-state index contributed by atoms with van der Waals surface area (Å²) < 4.78 is 18.6. The van der Waals surface area contributed by atoms with Crippen molar-refractivity contribution >= 4 is 23.5 Å². The van der Waals surface area contributed by atoms with E-state index in [0.717, 1.165) is 16.9 Å². The number of methoxy groups -OCH3 is 3. The zero-order valence-corrected chi connectivity index (χ0v) is 17.2. The molecule has 3 aromatic rings. The van der Waals surface area contributed by atoms with Crippen molar-refractivity contribution in [1.82, 2.24) is 9.55 Å². The van der Waals surface area contributed by atoms with Gasteiger partial charge in [-0.1, -0.05) is 18.2 Å². The molecule has 150 valence electrons. The van der Waals surface area contributed by atoms with Crippen molar-refractivity contribution in [1.29, 1.82) is 0 Å². The van der Waals surface area contributed by atoms with Crippen LogP contribution in [0.1, 0.15) is 16.5 Å². The van der Waals surface area contributed by atoms with Crippen molar-refractivity contribution < 1.29 is 19.0 Å². The first-order valence-corrected chi connectivity index (χ1v) is 10.0. The van der Waals surface area contributed by atoms with Crippen molar-refractivity contribution in [3.05, 3.63) is 60.0 Å². The number of rotatable bonds is 5. The highest BCUT2D eigenvalue weighted by Crippen LogP contribution is 2.48. The molecule has 0 bridgehead atoms. The summed E-state index contributed by atoms with van der Waals surface area (Å²) in [5.74, 6) is 2.59. The normalized spacial score (nSPS) is 15.8. The number of imidazole rings is 1. The van der Waals surface area contributed by atoms with Gasteiger partial charge in [-0.05, 0) is 18.2 Å². The number of nitrogens with one attached hydrogen (secondary N) is 1. The number of carbonyl (C=O) groups excluding carboxylic acids is 1. The van der Waals surface area contributed by atoms with Gasteiger partial charge in [0.15, 0.2) is 17.3 Å². The van der Waals surface area contributed by atoms with Crippen LogP contribution in [0.4, 0.5) is 5.82 Å². The number of aromatic nitrogens is 2. The smallest absolute Gasteiger partial charge is 0.235 e. The number of hydrogen-bond donors (Lipinski definition) is 1. The molecule has 0 saturated carbocycles. The van der Waals surface area contributed by atoms with Crippen molar-refractivity contribution in [2.45, 2.75) is 5.25 Å². The molecule has 1 aromatic heterocycles. The van der Waals surface area contributed by atoms with E-state index in [1.54, 1.807) is 33.7 Å².